The van der Waals surface area contributed by atoms with Gasteiger partial charge in [0.15, 0.2) is 0 Å². The summed E-state index contributed by atoms with van der Waals surface area (Å²) in [5, 5.41) is 24.0. The molecule has 20 heavy (non-hydrogen) atoms. The summed E-state index contributed by atoms with van der Waals surface area (Å²) in [5.74, 6) is -2.93. The highest BCUT2D eigenvalue weighted by atomic mass is 16.4. The van der Waals surface area contributed by atoms with Crippen molar-refractivity contribution in [2.24, 2.45) is 7.05 Å². The van der Waals surface area contributed by atoms with Crippen LogP contribution < -0.4 is 5.32 Å². The van der Waals surface area contributed by atoms with E-state index in [1.165, 1.54) is 10.9 Å². The Morgan fingerprint density at radius 1 is 1.40 bits per heavy atom. The van der Waals surface area contributed by atoms with Crippen LogP contribution in [-0.4, -0.2) is 43.9 Å². The van der Waals surface area contributed by atoms with Crippen LogP contribution in [0.3, 0.4) is 0 Å². The van der Waals surface area contributed by atoms with Crippen molar-refractivity contribution in [2.75, 3.05) is 0 Å². The molecule has 0 radical (unpaired) electrons. The van der Waals surface area contributed by atoms with Gasteiger partial charge in [0.1, 0.15) is 6.04 Å². The normalized spacial score (nSPS) is 11.9. The van der Waals surface area contributed by atoms with E-state index in [1.807, 2.05) is 6.92 Å². The van der Waals surface area contributed by atoms with Crippen molar-refractivity contribution in [3.63, 3.8) is 0 Å². The Morgan fingerprint density at radius 2 is 2.05 bits per heavy atom. The minimum absolute atomic E-state index is 0.169. The molecular formula is C12H17N3O5. The van der Waals surface area contributed by atoms with E-state index in [2.05, 4.69) is 10.4 Å². The second kappa shape index (κ2) is 6.69. The third-order valence-electron chi connectivity index (χ3n) is 2.74. The molecule has 3 N–H and O–H groups in total. The van der Waals surface area contributed by atoms with Gasteiger partial charge in [-0.2, -0.15) is 5.10 Å². The minimum Gasteiger partial charge on any atom is -0.481 e. The first-order chi connectivity index (χ1) is 9.35. The van der Waals surface area contributed by atoms with Gasteiger partial charge in [-0.15, -0.1) is 0 Å². The Kier molecular flexibility index (Phi) is 5.24. The van der Waals surface area contributed by atoms with Crippen LogP contribution in [0.5, 0.6) is 0 Å². The first-order valence-electron chi connectivity index (χ1n) is 6.13. The molecule has 0 fully saturated rings. The molecule has 1 heterocycles. The number of carboxylic acids is 2. The molecule has 0 saturated carbocycles. The number of nitrogens with one attached hydrogen (secondary N) is 1. The molecule has 0 spiro atoms. The van der Waals surface area contributed by atoms with Crippen molar-refractivity contribution in [1.29, 1.82) is 0 Å². The van der Waals surface area contributed by atoms with Crippen molar-refractivity contribution >= 4 is 17.8 Å². The second-order valence-corrected chi connectivity index (χ2v) is 4.31. The molecule has 8 heteroatoms. The quantitative estimate of drug-likeness (QED) is 0.649. The zero-order valence-electron chi connectivity index (χ0n) is 11.3. The Morgan fingerprint density at radius 3 is 2.55 bits per heavy atom. The van der Waals surface area contributed by atoms with E-state index in [0.29, 0.717) is 17.7 Å². The fraction of sp³-hybridized carbons (Fsp3) is 0.500. The van der Waals surface area contributed by atoms with Crippen LogP contribution in [0.15, 0.2) is 6.20 Å². The Balaban J connectivity index is 2.79. The third-order valence-corrected chi connectivity index (χ3v) is 2.74. The molecule has 1 aromatic rings. The van der Waals surface area contributed by atoms with E-state index in [-0.39, 0.29) is 12.8 Å². The van der Waals surface area contributed by atoms with Crippen molar-refractivity contribution < 1.29 is 24.6 Å². The van der Waals surface area contributed by atoms with Crippen LogP contribution in [0.4, 0.5) is 0 Å². The van der Waals surface area contributed by atoms with E-state index in [9.17, 15) is 14.4 Å². The number of aliphatic carboxylic acids is 2. The van der Waals surface area contributed by atoms with Crippen molar-refractivity contribution in [3.05, 3.63) is 17.5 Å². The van der Waals surface area contributed by atoms with Gasteiger partial charge in [-0.3, -0.25) is 14.3 Å². The van der Waals surface area contributed by atoms with Crippen LogP contribution in [0.2, 0.25) is 0 Å². The Bertz CT molecular complexity index is 523. The van der Waals surface area contributed by atoms with Crippen LogP contribution >= 0.6 is 0 Å². The molecule has 0 aliphatic heterocycles. The van der Waals surface area contributed by atoms with Gasteiger partial charge in [-0.05, 0) is 12.8 Å². The summed E-state index contributed by atoms with van der Waals surface area (Å²) in [6.07, 6.45) is 1.55. The van der Waals surface area contributed by atoms with E-state index in [1.54, 1.807) is 7.05 Å². The summed E-state index contributed by atoms with van der Waals surface area (Å²) in [6, 6.07) is -1.23. The highest BCUT2D eigenvalue weighted by molar-refractivity contribution is 5.97. The van der Waals surface area contributed by atoms with Gasteiger partial charge in [0, 0.05) is 19.7 Å². The van der Waals surface area contributed by atoms with Gasteiger partial charge >= 0.3 is 11.9 Å². The standard InChI is InChI=1S/C12H17N3O5/c1-3-8-7(6-15(2)14-8)11(18)13-9(12(19)20)4-5-10(16)17/h6,9H,3-5H2,1-2H3,(H,13,18)(H,16,17)(H,19,20)/t9-/m0/s1. The summed E-state index contributed by atoms with van der Waals surface area (Å²) >= 11 is 0. The van der Waals surface area contributed by atoms with Gasteiger partial charge in [0.05, 0.1) is 11.3 Å². The molecule has 8 nitrogen and oxygen atoms in total. The van der Waals surface area contributed by atoms with Crippen LogP contribution in [-0.2, 0) is 23.1 Å². The average Bonchev–Trinajstić information content (AvgIpc) is 2.74. The van der Waals surface area contributed by atoms with E-state index in [4.69, 9.17) is 10.2 Å². The fourth-order valence-electron chi connectivity index (χ4n) is 1.75. The number of hydrogen-bond donors (Lipinski definition) is 3. The van der Waals surface area contributed by atoms with Gasteiger partial charge in [-0.1, -0.05) is 6.92 Å². The predicted octanol–water partition coefficient (Wildman–Crippen LogP) is 0.0303. The first kappa shape index (κ1) is 15.7. The zero-order chi connectivity index (χ0) is 15.3. The summed E-state index contributed by atoms with van der Waals surface area (Å²) in [7, 11) is 1.66. The van der Waals surface area contributed by atoms with E-state index >= 15 is 0 Å². The fourth-order valence-corrected chi connectivity index (χ4v) is 1.75. The lowest BCUT2D eigenvalue weighted by Gasteiger charge is -2.13. The summed E-state index contributed by atoms with van der Waals surface area (Å²) < 4.78 is 1.47. The minimum atomic E-state index is -1.26. The summed E-state index contributed by atoms with van der Waals surface area (Å²) in [4.78, 5) is 33.5. The number of aryl methyl sites for hydroxylation is 2. The maximum Gasteiger partial charge on any atom is 0.326 e. The van der Waals surface area contributed by atoms with E-state index < -0.39 is 23.9 Å². The third kappa shape index (κ3) is 4.08. The lowest BCUT2D eigenvalue weighted by Crippen LogP contribution is -2.41. The number of nitrogens with zero attached hydrogens (tertiary/aromatic N) is 2. The number of amides is 1. The number of carboxylic acid groups (broad SMARTS) is 2. The smallest absolute Gasteiger partial charge is 0.326 e. The molecule has 0 aliphatic carbocycles. The Labute approximate surface area is 115 Å². The molecule has 0 saturated heterocycles. The average molecular weight is 283 g/mol. The highest BCUT2D eigenvalue weighted by Gasteiger charge is 2.23. The topological polar surface area (TPSA) is 122 Å². The van der Waals surface area contributed by atoms with Crippen molar-refractivity contribution in [2.45, 2.75) is 32.2 Å². The van der Waals surface area contributed by atoms with Gasteiger partial charge in [0.25, 0.3) is 5.91 Å². The molecule has 1 amide bonds. The van der Waals surface area contributed by atoms with Crippen LogP contribution in [0, 0.1) is 0 Å². The number of aromatic nitrogens is 2. The molecule has 1 aromatic heterocycles. The van der Waals surface area contributed by atoms with Gasteiger partial charge in [0.2, 0.25) is 0 Å². The first-order valence-corrected chi connectivity index (χ1v) is 6.13. The highest BCUT2D eigenvalue weighted by Crippen LogP contribution is 2.08. The maximum atomic E-state index is 12.0. The molecular weight excluding hydrogens is 266 g/mol. The maximum absolute atomic E-state index is 12.0. The SMILES string of the molecule is CCc1nn(C)cc1C(=O)N[C@@H](CCC(=O)O)C(=O)O. The zero-order valence-corrected chi connectivity index (χ0v) is 11.3. The molecule has 0 aromatic carbocycles. The number of rotatable bonds is 7. The van der Waals surface area contributed by atoms with Crippen LogP contribution in [0.1, 0.15) is 35.8 Å². The molecule has 1 atom stereocenters. The monoisotopic (exact) mass is 283 g/mol. The molecule has 110 valence electrons. The number of carbonyl (C=O) groups is 3. The van der Waals surface area contributed by atoms with Crippen molar-refractivity contribution in [1.82, 2.24) is 15.1 Å². The number of hydrogen-bond acceptors (Lipinski definition) is 4. The van der Waals surface area contributed by atoms with Crippen molar-refractivity contribution in [3.8, 4) is 0 Å². The van der Waals surface area contributed by atoms with Crippen LogP contribution in [0.25, 0.3) is 0 Å². The molecule has 0 aliphatic rings. The largest absolute Gasteiger partial charge is 0.481 e. The molecule has 0 bridgehead atoms. The predicted molar refractivity (Wildman–Crippen MR) is 68.3 cm³/mol. The van der Waals surface area contributed by atoms with E-state index in [0.717, 1.165) is 0 Å². The van der Waals surface area contributed by atoms with Gasteiger partial charge in [-0.25, -0.2) is 4.79 Å². The molecule has 0 unspecified atom stereocenters. The lowest BCUT2D eigenvalue weighted by molar-refractivity contribution is -0.140. The summed E-state index contributed by atoms with van der Waals surface area (Å²) in [5.41, 5.74) is 0.865. The summed E-state index contributed by atoms with van der Waals surface area (Å²) in [6.45, 7) is 1.83. The molecule has 1 rings (SSSR count). The second-order valence-electron chi connectivity index (χ2n) is 4.31. The lowest BCUT2D eigenvalue weighted by atomic mass is 10.1. The van der Waals surface area contributed by atoms with Gasteiger partial charge < -0.3 is 15.5 Å². The Hall–Kier alpha value is -2.38. The number of carbonyl (C=O) groups excluding carboxylic acids is 1.